The van der Waals surface area contributed by atoms with Gasteiger partial charge >= 0.3 is 6.03 Å². The van der Waals surface area contributed by atoms with Crippen molar-refractivity contribution in [2.24, 2.45) is 5.92 Å². The van der Waals surface area contributed by atoms with E-state index in [0.29, 0.717) is 28.9 Å². The molecule has 2 aromatic rings. The molecule has 5 rings (SSSR count). The number of urea groups is 1. The summed E-state index contributed by atoms with van der Waals surface area (Å²) in [6.45, 7) is 1.65. The van der Waals surface area contributed by atoms with Crippen molar-refractivity contribution in [3.05, 3.63) is 23.5 Å². The van der Waals surface area contributed by atoms with E-state index in [1.807, 2.05) is 0 Å². The van der Waals surface area contributed by atoms with Crippen molar-refractivity contribution >= 4 is 41.2 Å². The lowest BCUT2D eigenvalue weighted by Crippen LogP contribution is -2.34. The van der Waals surface area contributed by atoms with Crippen molar-refractivity contribution in [3.63, 3.8) is 0 Å². The van der Waals surface area contributed by atoms with Gasteiger partial charge in [0.15, 0.2) is 5.65 Å². The lowest BCUT2D eigenvalue weighted by molar-refractivity contribution is -0.120. The Morgan fingerprint density at radius 2 is 1.97 bits per heavy atom. The van der Waals surface area contributed by atoms with Crippen LogP contribution in [0.2, 0.25) is 0 Å². The molecule has 5 N–H and O–H groups in total. The van der Waals surface area contributed by atoms with Crippen molar-refractivity contribution < 1.29 is 14.4 Å². The van der Waals surface area contributed by atoms with Gasteiger partial charge in [0.2, 0.25) is 5.91 Å². The maximum Gasteiger partial charge on any atom is 0.326 e. The zero-order valence-electron chi connectivity index (χ0n) is 16.2. The van der Waals surface area contributed by atoms with Crippen LogP contribution >= 0.6 is 0 Å². The van der Waals surface area contributed by atoms with Crippen LogP contribution in [0.4, 0.5) is 16.4 Å². The number of carbonyl (C=O) groups is 3. The molecule has 4 heterocycles. The third kappa shape index (κ3) is 3.71. The number of imide groups is 1. The van der Waals surface area contributed by atoms with E-state index < -0.39 is 11.9 Å². The molecule has 2 saturated heterocycles. The van der Waals surface area contributed by atoms with Crippen molar-refractivity contribution in [1.29, 1.82) is 0 Å². The average Bonchev–Trinajstić information content (AvgIpc) is 3.37. The minimum absolute atomic E-state index is 0.0481. The number of carbonyl (C=O) groups excluding carboxylic acids is 3. The highest BCUT2D eigenvalue weighted by Crippen LogP contribution is 2.28. The number of anilines is 2. The van der Waals surface area contributed by atoms with Gasteiger partial charge < -0.3 is 21.3 Å². The van der Waals surface area contributed by atoms with Crippen LogP contribution in [-0.2, 0) is 9.59 Å². The predicted molar refractivity (Wildman–Crippen MR) is 109 cm³/mol. The highest BCUT2D eigenvalue weighted by atomic mass is 16.2. The molecule has 0 bridgehead atoms. The summed E-state index contributed by atoms with van der Waals surface area (Å²) in [7, 11) is 0. The molecule has 0 radical (unpaired) electrons. The van der Waals surface area contributed by atoms with Gasteiger partial charge in [-0.2, -0.15) is 9.61 Å². The van der Waals surface area contributed by atoms with Gasteiger partial charge in [-0.15, -0.1) is 0 Å². The number of rotatable bonds is 5. The van der Waals surface area contributed by atoms with Crippen LogP contribution in [0.5, 0.6) is 0 Å². The summed E-state index contributed by atoms with van der Waals surface area (Å²) in [5.74, 6) is 0.536. The maximum atomic E-state index is 12.7. The predicted octanol–water partition coefficient (Wildman–Crippen LogP) is 0.422. The fourth-order valence-electron chi connectivity index (χ4n) is 3.64. The van der Waals surface area contributed by atoms with E-state index in [1.54, 1.807) is 16.8 Å². The average molecular weight is 410 g/mol. The van der Waals surface area contributed by atoms with Crippen LogP contribution in [0.1, 0.15) is 31.2 Å². The van der Waals surface area contributed by atoms with Crippen LogP contribution in [-0.4, -0.2) is 51.6 Å². The van der Waals surface area contributed by atoms with Gasteiger partial charge in [0.25, 0.3) is 5.91 Å². The van der Waals surface area contributed by atoms with Gasteiger partial charge in [-0.05, 0) is 44.8 Å². The van der Waals surface area contributed by atoms with E-state index >= 15 is 0 Å². The van der Waals surface area contributed by atoms with E-state index in [9.17, 15) is 14.4 Å². The van der Waals surface area contributed by atoms with Crippen LogP contribution in [0.25, 0.3) is 11.7 Å². The standard InChI is InChI=1S/C19H22N8O3/c28-17(10-3-5-20-6-4-10)25-14-8-15(22-12-1-2-12)27-16(24-14)11(9-21-27)7-13-18(29)26-19(30)23-13/h7-10,12,20,22H,1-6H2,(H,24,25,28)(H2,23,26,29,30)/b13-7-. The molecule has 1 aliphatic carbocycles. The zero-order valence-corrected chi connectivity index (χ0v) is 16.2. The maximum absolute atomic E-state index is 12.7. The Kier molecular flexibility index (Phi) is 4.58. The smallest absolute Gasteiger partial charge is 0.326 e. The largest absolute Gasteiger partial charge is 0.367 e. The van der Waals surface area contributed by atoms with Crippen LogP contribution in [0, 0.1) is 5.92 Å². The van der Waals surface area contributed by atoms with E-state index in [1.165, 1.54) is 6.08 Å². The molecule has 1 saturated carbocycles. The molecule has 3 fully saturated rings. The van der Waals surface area contributed by atoms with Crippen molar-refractivity contribution in [1.82, 2.24) is 30.5 Å². The minimum atomic E-state index is -0.568. The molecule has 0 aromatic carbocycles. The van der Waals surface area contributed by atoms with E-state index in [4.69, 9.17) is 0 Å². The first kappa shape index (κ1) is 18.6. The highest BCUT2D eigenvalue weighted by molar-refractivity contribution is 6.14. The van der Waals surface area contributed by atoms with Gasteiger partial charge in [-0.25, -0.2) is 9.78 Å². The number of hydrogen-bond donors (Lipinski definition) is 5. The summed E-state index contributed by atoms with van der Waals surface area (Å²) in [6, 6.07) is 1.58. The van der Waals surface area contributed by atoms with E-state index in [2.05, 4.69) is 36.7 Å². The summed E-state index contributed by atoms with van der Waals surface area (Å²) in [5, 5.41) is 18.6. The van der Waals surface area contributed by atoms with E-state index in [-0.39, 0.29) is 17.5 Å². The Bertz CT molecular complexity index is 1070. The topological polar surface area (TPSA) is 142 Å². The molecule has 4 amide bonds. The van der Waals surface area contributed by atoms with Crippen molar-refractivity contribution in [2.75, 3.05) is 23.7 Å². The molecular weight excluding hydrogens is 388 g/mol. The van der Waals surface area contributed by atoms with Gasteiger partial charge in [0.05, 0.1) is 6.20 Å². The Morgan fingerprint density at radius 3 is 2.67 bits per heavy atom. The lowest BCUT2D eigenvalue weighted by atomic mass is 9.97. The number of nitrogens with one attached hydrogen (secondary N) is 5. The monoisotopic (exact) mass is 410 g/mol. The molecule has 11 heteroatoms. The molecule has 11 nitrogen and oxygen atoms in total. The first-order chi connectivity index (χ1) is 14.6. The van der Waals surface area contributed by atoms with Gasteiger partial charge in [-0.3, -0.25) is 14.9 Å². The Morgan fingerprint density at radius 1 is 1.17 bits per heavy atom. The molecule has 0 unspecified atom stereocenters. The number of fused-ring (bicyclic) bond motifs is 1. The number of amides is 4. The van der Waals surface area contributed by atoms with Crippen LogP contribution in [0.15, 0.2) is 18.0 Å². The lowest BCUT2D eigenvalue weighted by Gasteiger charge is -2.21. The number of hydrogen-bond acceptors (Lipinski definition) is 7. The second-order valence-electron chi connectivity index (χ2n) is 7.76. The zero-order chi connectivity index (χ0) is 20.7. The Hall–Kier alpha value is -3.47. The second-order valence-corrected chi connectivity index (χ2v) is 7.76. The molecule has 3 aliphatic rings. The molecular formula is C19H22N8O3. The second kappa shape index (κ2) is 7.41. The SMILES string of the molecule is O=C1NC(=O)/C(=C/c2cnn3c(NC4CC4)cc(NC(=O)C4CCNCC4)nc23)N1. The molecule has 156 valence electrons. The van der Waals surface area contributed by atoms with Crippen LogP contribution < -0.4 is 26.6 Å². The minimum Gasteiger partial charge on any atom is -0.367 e. The highest BCUT2D eigenvalue weighted by Gasteiger charge is 2.26. The normalized spacial score (nSPS) is 21.0. The van der Waals surface area contributed by atoms with Gasteiger partial charge in [0.1, 0.15) is 17.3 Å². The number of aromatic nitrogens is 3. The van der Waals surface area contributed by atoms with Crippen molar-refractivity contribution in [2.45, 2.75) is 31.7 Å². The molecule has 0 spiro atoms. The summed E-state index contributed by atoms with van der Waals surface area (Å²) in [6.07, 6.45) is 6.83. The van der Waals surface area contributed by atoms with Crippen molar-refractivity contribution in [3.8, 4) is 0 Å². The first-order valence-corrected chi connectivity index (χ1v) is 10.1. The number of nitrogens with zero attached hydrogens (tertiary/aromatic N) is 3. The molecule has 30 heavy (non-hydrogen) atoms. The quantitative estimate of drug-likeness (QED) is 0.355. The molecule has 2 aromatic heterocycles. The fourth-order valence-corrected chi connectivity index (χ4v) is 3.64. The summed E-state index contributed by atoms with van der Waals surface area (Å²) >= 11 is 0. The van der Waals surface area contributed by atoms with Gasteiger partial charge in [-0.1, -0.05) is 0 Å². The summed E-state index contributed by atoms with van der Waals surface area (Å²) < 4.78 is 1.64. The first-order valence-electron chi connectivity index (χ1n) is 10.1. The summed E-state index contributed by atoms with van der Waals surface area (Å²) in [4.78, 5) is 40.5. The molecule has 2 aliphatic heterocycles. The van der Waals surface area contributed by atoms with E-state index in [0.717, 1.165) is 38.8 Å². The summed E-state index contributed by atoms with van der Waals surface area (Å²) in [5.41, 5.74) is 1.15. The third-order valence-electron chi connectivity index (χ3n) is 5.41. The Labute approximate surface area is 171 Å². The fraction of sp³-hybridized carbons (Fsp3) is 0.421. The van der Waals surface area contributed by atoms with Crippen LogP contribution in [0.3, 0.4) is 0 Å². The molecule has 0 atom stereocenters. The third-order valence-corrected chi connectivity index (χ3v) is 5.41. The Balaban J connectivity index is 1.49. The number of piperidine rings is 1. The van der Waals surface area contributed by atoms with Gasteiger partial charge in [0, 0.05) is 23.6 Å².